The minimum Gasteiger partial charge on any atom is -0.339 e. The second kappa shape index (κ2) is 3.56. The molecule has 2 heteroatoms. The molecule has 0 saturated carbocycles. The molecule has 1 heterocycles. The molecule has 2 nitrogen and oxygen atoms in total. The van der Waals surface area contributed by atoms with Crippen LogP contribution in [0.1, 0.15) is 13.3 Å². The Balaban J connectivity index is 2.45. The van der Waals surface area contributed by atoms with Crippen molar-refractivity contribution in [3.63, 3.8) is 0 Å². The SMILES string of the molecule is C=CC(=O)N1CC[CH]C(C)C1. The van der Waals surface area contributed by atoms with E-state index in [-0.39, 0.29) is 5.91 Å². The number of hydrogen-bond acceptors (Lipinski definition) is 1. The maximum Gasteiger partial charge on any atom is 0.245 e. The smallest absolute Gasteiger partial charge is 0.245 e. The molecule has 0 aliphatic carbocycles. The Morgan fingerprint density at radius 1 is 1.82 bits per heavy atom. The Morgan fingerprint density at radius 2 is 2.55 bits per heavy atom. The Labute approximate surface area is 67.9 Å². The number of rotatable bonds is 1. The highest BCUT2D eigenvalue weighted by molar-refractivity contribution is 5.87. The largest absolute Gasteiger partial charge is 0.339 e. The molecule has 0 aromatic carbocycles. The Morgan fingerprint density at radius 3 is 3.09 bits per heavy atom. The lowest BCUT2D eigenvalue weighted by molar-refractivity contribution is -0.127. The zero-order valence-electron chi connectivity index (χ0n) is 6.92. The van der Waals surface area contributed by atoms with Gasteiger partial charge in [0.1, 0.15) is 0 Å². The summed E-state index contributed by atoms with van der Waals surface area (Å²) in [6, 6.07) is 0. The highest BCUT2D eigenvalue weighted by Crippen LogP contribution is 2.14. The molecule has 0 aromatic rings. The average molecular weight is 152 g/mol. The second-order valence-corrected chi connectivity index (χ2v) is 2.99. The third-order valence-corrected chi connectivity index (χ3v) is 1.96. The molecule has 1 saturated heterocycles. The monoisotopic (exact) mass is 152 g/mol. The zero-order valence-corrected chi connectivity index (χ0v) is 6.92. The van der Waals surface area contributed by atoms with Crippen molar-refractivity contribution in [1.82, 2.24) is 4.90 Å². The van der Waals surface area contributed by atoms with Gasteiger partial charge in [0.25, 0.3) is 0 Å². The molecule has 0 N–H and O–H groups in total. The Bertz CT molecular complexity index is 165. The van der Waals surface area contributed by atoms with E-state index in [0.717, 1.165) is 19.5 Å². The van der Waals surface area contributed by atoms with Gasteiger partial charge in [-0.25, -0.2) is 0 Å². The van der Waals surface area contributed by atoms with Crippen molar-refractivity contribution >= 4 is 5.91 Å². The van der Waals surface area contributed by atoms with Crippen LogP contribution in [0.4, 0.5) is 0 Å². The Kier molecular flexibility index (Phi) is 2.69. The highest BCUT2D eigenvalue weighted by atomic mass is 16.2. The molecule has 0 spiro atoms. The molecule has 0 aromatic heterocycles. The number of piperidine rings is 1. The van der Waals surface area contributed by atoms with E-state index in [1.807, 2.05) is 4.90 Å². The van der Waals surface area contributed by atoms with E-state index in [2.05, 4.69) is 19.9 Å². The minimum atomic E-state index is 0.0601. The molecule has 1 amide bonds. The number of nitrogens with zero attached hydrogens (tertiary/aromatic N) is 1. The molecule has 61 valence electrons. The summed E-state index contributed by atoms with van der Waals surface area (Å²) >= 11 is 0. The standard InChI is InChI=1S/C9H14NO/c1-3-9(11)10-6-4-5-8(2)7-10/h3,5,8H,1,4,6-7H2,2H3. The second-order valence-electron chi connectivity index (χ2n) is 2.99. The van der Waals surface area contributed by atoms with Gasteiger partial charge in [-0.15, -0.1) is 0 Å². The maximum absolute atomic E-state index is 11.1. The lowest BCUT2D eigenvalue weighted by Gasteiger charge is -2.29. The summed E-state index contributed by atoms with van der Waals surface area (Å²) in [7, 11) is 0. The van der Waals surface area contributed by atoms with Crippen molar-refractivity contribution in [2.75, 3.05) is 13.1 Å². The molecular weight excluding hydrogens is 138 g/mol. The van der Waals surface area contributed by atoms with Gasteiger partial charge in [-0.1, -0.05) is 13.5 Å². The van der Waals surface area contributed by atoms with Gasteiger partial charge in [-0.05, 0) is 24.8 Å². The summed E-state index contributed by atoms with van der Waals surface area (Å²) in [4.78, 5) is 13.0. The van der Waals surface area contributed by atoms with Crippen molar-refractivity contribution in [1.29, 1.82) is 0 Å². The van der Waals surface area contributed by atoms with E-state index < -0.39 is 0 Å². The van der Waals surface area contributed by atoms with Gasteiger partial charge in [0.2, 0.25) is 5.91 Å². The van der Waals surface area contributed by atoms with Crippen LogP contribution in [0.2, 0.25) is 0 Å². The van der Waals surface area contributed by atoms with Crippen LogP contribution in [-0.2, 0) is 4.79 Å². The molecule has 1 atom stereocenters. The minimum absolute atomic E-state index is 0.0601. The molecular formula is C9H14NO. The van der Waals surface area contributed by atoms with Gasteiger partial charge in [-0.3, -0.25) is 4.79 Å². The van der Waals surface area contributed by atoms with E-state index in [4.69, 9.17) is 0 Å². The number of amides is 1. The average Bonchev–Trinajstić information content (AvgIpc) is 2.03. The molecule has 1 rings (SSSR count). The van der Waals surface area contributed by atoms with Gasteiger partial charge in [0.05, 0.1) is 0 Å². The van der Waals surface area contributed by atoms with E-state index >= 15 is 0 Å². The van der Waals surface area contributed by atoms with Crippen LogP contribution < -0.4 is 0 Å². The number of carbonyl (C=O) groups excluding carboxylic acids is 1. The van der Waals surface area contributed by atoms with Crippen molar-refractivity contribution in [3.8, 4) is 0 Å². The number of carbonyl (C=O) groups is 1. The van der Waals surface area contributed by atoms with Crippen LogP contribution in [-0.4, -0.2) is 23.9 Å². The van der Waals surface area contributed by atoms with Crippen LogP contribution in [0.5, 0.6) is 0 Å². The summed E-state index contributed by atoms with van der Waals surface area (Å²) in [5.74, 6) is 0.595. The first-order valence-corrected chi connectivity index (χ1v) is 3.98. The van der Waals surface area contributed by atoms with Crippen molar-refractivity contribution < 1.29 is 4.79 Å². The predicted octanol–water partition coefficient (Wildman–Crippen LogP) is 1.25. The fourth-order valence-corrected chi connectivity index (χ4v) is 1.36. The van der Waals surface area contributed by atoms with E-state index in [1.165, 1.54) is 6.08 Å². The summed E-state index contributed by atoms with van der Waals surface area (Å²) in [5.41, 5.74) is 0. The molecule has 1 aliphatic heterocycles. The molecule has 1 aliphatic rings. The van der Waals surface area contributed by atoms with Gasteiger partial charge < -0.3 is 4.90 Å². The van der Waals surface area contributed by atoms with Gasteiger partial charge in [0.15, 0.2) is 0 Å². The fourth-order valence-electron chi connectivity index (χ4n) is 1.36. The van der Waals surface area contributed by atoms with Crippen LogP contribution in [0.15, 0.2) is 12.7 Å². The van der Waals surface area contributed by atoms with E-state index in [0.29, 0.717) is 5.92 Å². The normalized spacial score (nSPS) is 24.8. The van der Waals surface area contributed by atoms with Gasteiger partial charge in [-0.2, -0.15) is 0 Å². The maximum atomic E-state index is 11.1. The summed E-state index contributed by atoms with van der Waals surface area (Å²) < 4.78 is 0. The lowest BCUT2D eigenvalue weighted by Crippen LogP contribution is -2.38. The quantitative estimate of drug-likeness (QED) is 0.518. The van der Waals surface area contributed by atoms with Crippen LogP contribution in [0, 0.1) is 12.3 Å². The Hall–Kier alpha value is -0.790. The first kappa shape index (κ1) is 8.31. The third-order valence-electron chi connectivity index (χ3n) is 1.96. The fraction of sp³-hybridized carbons (Fsp3) is 0.556. The zero-order chi connectivity index (χ0) is 8.27. The topological polar surface area (TPSA) is 20.3 Å². The predicted molar refractivity (Wildman–Crippen MR) is 44.9 cm³/mol. The third kappa shape index (κ3) is 2.07. The van der Waals surface area contributed by atoms with Gasteiger partial charge >= 0.3 is 0 Å². The van der Waals surface area contributed by atoms with Crippen molar-refractivity contribution in [3.05, 3.63) is 19.1 Å². The highest BCUT2D eigenvalue weighted by Gasteiger charge is 2.18. The molecule has 11 heavy (non-hydrogen) atoms. The molecule has 1 fully saturated rings. The molecule has 1 unspecified atom stereocenters. The summed E-state index contributed by atoms with van der Waals surface area (Å²) in [5, 5.41) is 0. The first-order valence-electron chi connectivity index (χ1n) is 3.98. The van der Waals surface area contributed by atoms with E-state index in [1.54, 1.807) is 0 Å². The van der Waals surface area contributed by atoms with Gasteiger partial charge in [0, 0.05) is 13.1 Å². The molecule has 0 bridgehead atoms. The van der Waals surface area contributed by atoms with Crippen molar-refractivity contribution in [2.45, 2.75) is 13.3 Å². The summed E-state index contributed by atoms with van der Waals surface area (Å²) in [6.07, 6.45) is 4.66. The van der Waals surface area contributed by atoms with Crippen LogP contribution in [0.25, 0.3) is 0 Å². The molecule has 1 radical (unpaired) electrons. The van der Waals surface area contributed by atoms with Crippen LogP contribution in [0.3, 0.4) is 0 Å². The van der Waals surface area contributed by atoms with E-state index in [9.17, 15) is 4.79 Å². The summed E-state index contributed by atoms with van der Waals surface area (Å²) in [6.45, 7) is 7.30. The number of hydrogen-bond donors (Lipinski definition) is 0. The first-order chi connectivity index (χ1) is 5.24. The van der Waals surface area contributed by atoms with Crippen molar-refractivity contribution in [2.24, 2.45) is 5.92 Å². The van der Waals surface area contributed by atoms with Crippen LogP contribution >= 0.6 is 0 Å². The lowest BCUT2D eigenvalue weighted by atomic mass is 10.0. The number of likely N-dealkylation sites (tertiary alicyclic amines) is 1.